The number of methoxy groups -OCH3 is 10. The Balaban J connectivity index is 1.65. The highest BCUT2D eigenvalue weighted by Crippen LogP contribution is 2.44. The molecule has 58 heavy (non-hydrogen) atoms. The summed E-state index contributed by atoms with van der Waals surface area (Å²) in [7, 11) is 16.8. The Hall–Kier alpha value is -6.16. The minimum atomic E-state index is 0.479. The standard InChI is InChI=1S/C48H54O10/c1-12-13-37-38-18-35-26-45(55-8)33(24-46(35)56-9)16-31-22-41(51-4)29(20-42(31)52-5)14-28-19-40(50-3)30(21-39(28)49-2)15-32-23-44(54-7)34(25-43(32)53-6)17-36(48(37)58-11)27-47(38)57-10/h12,19-27H,1,13-18H2,2-11H3. The summed E-state index contributed by atoms with van der Waals surface area (Å²) < 4.78 is 60.6. The van der Waals surface area contributed by atoms with Crippen molar-refractivity contribution >= 4 is 0 Å². The van der Waals surface area contributed by atoms with Crippen molar-refractivity contribution in [3.63, 3.8) is 0 Å². The first-order valence-corrected chi connectivity index (χ1v) is 19.0. The minimum absolute atomic E-state index is 0.479. The van der Waals surface area contributed by atoms with E-state index in [0.717, 1.165) is 66.9 Å². The van der Waals surface area contributed by atoms with E-state index < -0.39 is 0 Å². The zero-order valence-electron chi connectivity index (χ0n) is 35.3. The Morgan fingerprint density at radius 2 is 0.586 bits per heavy atom. The van der Waals surface area contributed by atoms with Gasteiger partial charge in [-0.15, -0.1) is 6.58 Å². The molecule has 15 rings (SSSR count). The van der Waals surface area contributed by atoms with E-state index in [0.29, 0.717) is 90.3 Å². The molecule has 10 bridgehead atoms. The number of rotatable bonds is 12. The third kappa shape index (κ3) is 8.14. The highest BCUT2D eigenvalue weighted by molar-refractivity contribution is 5.62. The quantitative estimate of drug-likeness (QED) is 0.112. The molecular formula is C48H54O10. The van der Waals surface area contributed by atoms with Crippen molar-refractivity contribution in [1.29, 1.82) is 0 Å². The van der Waals surface area contributed by atoms with Crippen molar-refractivity contribution in [3.8, 4) is 57.5 Å². The van der Waals surface area contributed by atoms with E-state index in [9.17, 15) is 0 Å². The lowest BCUT2D eigenvalue weighted by Gasteiger charge is -2.23. The summed E-state index contributed by atoms with van der Waals surface area (Å²) in [6.45, 7) is 4.10. The molecule has 0 aliphatic heterocycles. The number of allylic oxidation sites excluding steroid dienone is 1. The summed E-state index contributed by atoms with van der Waals surface area (Å²) in [4.78, 5) is 0. The first-order valence-electron chi connectivity index (χ1n) is 19.0. The zero-order valence-corrected chi connectivity index (χ0v) is 35.3. The molecule has 0 N–H and O–H groups in total. The predicted octanol–water partition coefficient (Wildman–Crippen LogP) is 8.77. The molecular weight excluding hydrogens is 737 g/mol. The third-order valence-electron chi connectivity index (χ3n) is 10.9. The second-order valence-corrected chi connectivity index (χ2v) is 14.0. The van der Waals surface area contributed by atoms with Crippen molar-refractivity contribution in [2.45, 2.75) is 38.5 Å². The van der Waals surface area contributed by atoms with Crippen LogP contribution in [0.1, 0.15) is 61.2 Å². The van der Waals surface area contributed by atoms with Gasteiger partial charge in [-0.3, -0.25) is 0 Å². The van der Waals surface area contributed by atoms with Crippen LogP contribution in [-0.2, 0) is 38.5 Å². The van der Waals surface area contributed by atoms with E-state index in [2.05, 4.69) is 6.58 Å². The molecule has 0 saturated carbocycles. The maximum Gasteiger partial charge on any atom is 0.126 e. The molecule has 0 atom stereocenters. The van der Waals surface area contributed by atoms with Crippen LogP contribution in [0.4, 0.5) is 0 Å². The van der Waals surface area contributed by atoms with Crippen LogP contribution in [0.25, 0.3) is 0 Å². The lowest BCUT2D eigenvalue weighted by molar-refractivity contribution is 0.387. The summed E-state index contributed by atoms with van der Waals surface area (Å²) in [6, 6.07) is 18.3. The molecule has 10 aliphatic carbocycles. The number of benzene rings is 5. The van der Waals surface area contributed by atoms with Gasteiger partial charge in [0.2, 0.25) is 0 Å². The van der Waals surface area contributed by atoms with Crippen molar-refractivity contribution in [2.24, 2.45) is 0 Å². The van der Waals surface area contributed by atoms with E-state index in [4.69, 9.17) is 47.4 Å². The fourth-order valence-electron chi connectivity index (χ4n) is 8.13. The predicted molar refractivity (Wildman–Crippen MR) is 226 cm³/mol. The molecule has 0 fully saturated rings. The molecule has 5 aromatic rings. The molecule has 0 amide bonds. The van der Waals surface area contributed by atoms with Gasteiger partial charge in [0.1, 0.15) is 57.5 Å². The average molecular weight is 791 g/mol. The Kier molecular flexibility index (Phi) is 13.2. The summed E-state index contributed by atoms with van der Waals surface area (Å²) >= 11 is 0. The van der Waals surface area contributed by atoms with Gasteiger partial charge in [0.25, 0.3) is 0 Å². The molecule has 0 spiro atoms. The van der Waals surface area contributed by atoms with Crippen molar-refractivity contribution in [2.75, 3.05) is 71.1 Å². The molecule has 0 saturated heterocycles. The average Bonchev–Trinajstić information content (AvgIpc) is 3.25. The fourth-order valence-corrected chi connectivity index (χ4v) is 8.13. The van der Waals surface area contributed by atoms with Crippen molar-refractivity contribution < 1.29 is 47.4 Å². The third-order valence-corrected chi connectivity index (χ3v) is 10.9. The number of hydrogen-bond donors (Lipinski definition) is 0. The van der Waals surface area contributed by atoms with Crippen LogP contribution >= 0.6 is 0 Å². The highest BCUT2D eigenvalue weighted by Gasteiger charge is 2.25. The maximum atomic E-state index is 6.22. The molecule has 10 heteroatoms. The van der Waals surface area contributed by atoms with Gasteiger partial charge in [0.05, 0.1) is 71.1 Å². The first kappa shape index (κ1) is 41.5. The first-order chi connectivity index (χ1) is 28.2. The van der Waals surface area contributed by atoms with E-state index in [1.807, 2.05) is 60.7 Å². The van der Waals surface area contributed by atoms with Gasteiger partial charge in [0, 0.05) is 93.3 Å². The fraction of sp³-hybridized carbons (Fsp3) is 0.333. The molecule has 10 nitrogen and oxygen atoms in total. The molecule has 0 heterocycles. The van der Waals surface area contributed by atoms with E-state index >= 15 is 0 Å². The molecule has 0 unspecified atom stereocenters. The van der Waals surface area contributed by atoms with Gasteiger partial charge < -0.3 is 47.4 Å². The summed E-state index contributed by atoms with van der Waals surface area (Å²) in [5.74, 6) is 7.15. The lowest BCUT2D eigenvalue weighted by atomic mass is 9.89. The summed E-state index contributed by atoms with van der Waals surface area (Å²) in [6.07, 6.45) is 4.86. The van der Waals surface area contributed by atoms with Crippen LogP contribution in [0.5, 0.6) is 57.5 Å². The molecule has 0 aromatic heterocycles. The number of ether oxygens (including phenoxy) is 10. The summed E-state index contributed by atoms with van der Waals surface area (Å²) in [5.41, 5.74) is 10.2. The van der Waals surface area contributed by atoms with Gasteiger partial charge in [0.15, 0.2) is 0 Å². The smallest absolute Gasteiger partial charge is 0.126 e. The topological polar surface area (TPSA) is 92.3 Å². The van der Waals surface area contributed by atoms with Gasteiger partial charge >= 0.3 is 0 Å². The second-order valence-electron chi connectivity index (χ2n) is 14.0. The molecule has 10 aliphatic rings. The highest BCUT2D eigenvalue weighted by atomic mass is 16.5. The maximum absolute atomic E-state index is 6.22. The Morgan fingerprint density at radius 3 is 0.828 bits per heavy atom. The monoisotopic (exact) mass is 790 g/mol. The van der Waals surface area contributed by atoms with Gasteiger partial charge in [-0.1, -0.05) is 6.08 Å². The van der Waals surface area contributed by atoms with Crippen LogP contribution < -0.4 is 47.4 Å². The van der Waals surface area contributed by atoms with Crippen molar-refractivity contribution in [3.05, 3.63) is 128 Å². The van der Waals surface area contributed by atoms with Gasteiger partial charge in [-0.2, -0.15) is 0 Å². The van der Waals surface area contributed by atoms with Crippen LogP contribution in [0.15, 0.2) is 67.3 Å². The summed E-state index contributed by atoms with van der Waals surface area (Å²) in [5, 5.41) is 0. The SMILES string of the molecule is C=CCc1c2c(OC)cc(c1OC)Cc1cc(OC)c(cc1OC)Cc1cc(OC)c(cc1OC)Cc1cc(OC)c(cc1OC)Cc1cc(OC)c(cc1OC)C2. The minimum Gasteiger partial charge on any atom is -0.496 e. The Labute approximate surface area is 342 Å². The Morgan fingerprint density at radius 1 is 0.345 bits per heavy atom. The zero-order chi connectivity index (χ0) is 41.5. The second kappa shape index (κ2) is 18.4. The van der Waals surface area contributed by atoms with Crippen LogP contribution in [0, 0.1) is 0 Å². The van der Waals surface area contributed by atoms with E-state index in [1.54, 1.807) is 71.1 Å². The van der Waals surface area contributed by atoms with Crippen LogP contribution in [0.3, 0.4) is 0 Å². The Bertz CT molecular complexity index is 2290. The van der Waals surface area contributed by atoms with Gasteiger partial charge in [-0.05, 0) is 61.0 Å². The largest absolute Gasteiger partial charge is 0.496 e. The lowest BCUT2D eigenvalue weighted by Crippen LogP contribution is -2.08. The normalized spacial score (nSPS) is 12.1. The van der Waals surface area contributed by atoms with Gasteiger partial charge in [-0.25, -0.2) is 0 Å². The molecule has 5 aromatic carbocycles. The van der Waals surface area contributed by atoms with E-state index in [-0.39, 0.29) is 0 Å². The van der Waals surface area contributed by atoms with E-state index in [1.165, 1.54) is 0 Å². The van der Waals surface area contributed by atoms with Crippen molar-refractivity contribution in [1.82, 2.24) is 0 Å². The molecule has 0 radical (unpaired) electrons. The number of hydrogen-bond acceptors (Lipinski definition) is 10. The van der Waals surface area contributed by atoms with Crippen LogP contribution in [-0.4, -0.2) is 71.1 Å². The van der Waals surface area contributed by atoms with Crippen LogP contribution in [0.2, 0.25) is 0 Å². The molecule has 306 valence electrons.